The van der Waals surface area contributed by atoms with E-state index in [2.05, 4.69) is 24.8 Å². The Morgan fingerprint density at radius 2 is 2.29 bits per heavy atom. The molecule has 4 heteroatoms. The van der Waals surface area contributed by atoms with Crippen LogP contribution >= 0.6 is 0 Å². The molecule has 1 aliphatic heterocycles. The monoisotopic (exact) mass is 197 g/mol. The number of ether oxygens (including phenoxy) is 1. The third kappa shape index (κ3) is 3.26. The Kier molecular flexibility index (Phi) is 3.15. The molecule has 0 spiro atoms. The van der Waals surface area contributed by atoms with Crippen LogP contribution in [0.3, 0.4) is 0 Å². The molecule has 14 heavy (non-hydrogen) atoms. The van der Waals surface area contributed by atoms with Crippen LogP contribution in [-0.4, -0.2) is 42.3 Å². The van der Waals surface area contributed by atoms with E-state index in [9.17, 15) is 0 Å². The smallest absolute Gasteiger partial charge is 0.114 e. The molecule has 0 bridgehead atoms. The topological polar surface area (TPSA) is 62.3 Å². The molecule has 1 heterocycles. The van der Waals surface area contributed by atoms with Gasteiger partial charge in [0.2, 0.25) is 0 Å². The average Bonchev–Trinajstić information content (AvgIpc) is 2.01. The molecule has 2 N–H and O–H groups in total. The molecule has 0 amide bonds. The summed E-state index contributed by atoms with van der Waals surface area (Å²) in [6.45, 7) is 8.89. The zero-order chi connectivity index (χ0) is 10.8. The highest BCUT2D eigenvalue weighted by Gasteiger charge is 2.30. The third-order valence-corrected chi connectivity index (χ3v) is 2.31. The van der Waals surface area contributed by atoms with E-state index < -0.39 is 5.54 Å². The van der Waals surface area contributed by atoms with E-state index >= 15 is 0 Å². The van der Waals surface area contributed by atoms with Gasteiger partial charge in [-0.2, -0.15) is 5.26 Å². The van der Waals surface area contributed by atoms with Crippen molar-refractivity contribution < 1.29 is 4.74 Å². The van der Waals surface area contributed by atoms with Crippen molar-refractivity contribution in [3.63, 3.8) is 0 Å². The van der Waals surface area contributed by atoms with Gasteiger partial charge in [-0.1, -0.05) is 0 Å². The summed E-state index contributed by atoms with van der Waals surface area (Å²) in [5.41, 5.74) is 4.91. The first-order chi connectivity index (χ1) is 6.35. The second-order valence-electron chi connectivity index (χ2n) is 4.85. The zero-order valence-corrected chi connectivity index (χ0v) is 9.21. The van der Waals surface area contributed by atoms with Crippen molar-refractivity contribution in [2.45, 2.75) is 31.9 Å². The molecular formula is C10H19N3O. The van der Waals surface area contributed by atoms with Crippen molar-refractivity contribution in [2.24, 2.45) is 5.73 Å². The van der Waals surface area contributed by atoms with Gasteiger partial charge in [-0.25, -0.2) is 0 Å². The maximum absolute atomic E-state index is 8.82. The van der Waals surface area contributed by atoms with Crippen molar-refractivity contribution in [3.05, 3.63) is 0 Å². The molecule has 4 nitrogen and oxygen atoms in total. The standard InChI is InChI=1S/C10H19N3O/c1-9(2)7-13(4-5-14-9)8-10(3,12)6-11/h4-5,7-8,12H2,1-3H3. The minimum Gasteiger partial charge on any atom is -0.373 e. The van der Waals surface area contributed by atoms with Crippen LogP contribution in [-0.2, 0) is 4.74 Å². The van der Waals surface area contributed by atoms with Crippen LogP contribution < -0.4 is 5.73 Å². The molecule has 0 aliphatic carbocycles. The molecule has 1 aliphatic rings. The Bertz CT molecular complexity index is 242. The SMILES string of the molecule is CC(N)(C#N)CN1CCOC(C)(C)C1. The Balaban J connectivity index is 2.51. The molecule has 0 saturated carbocycles. The molecule has 1 fully saturated rings. The fraction of sp³-hybridized carbons (Fsp3) is 0.900. The first kappa shape index (κ1) is 11.4. The highest BCUT2D eigenvalue weighted by Crippen LogP contribution is 2.17. The third-order valence-electron chi connectivity index (χ3n) is 2.31. The lowest BCUT2D eigenvalue weighted by atomic mass is 10.0. The Morgan fingerprint density at radius 3 is 2.79 bits per heavy atom. The number of nitrogens with two attached hydrogens (primary N) is 1. The Morgan fingerprint density at radius 1 is 1.64 bits per heavy atom. The lowest BCUT2D eigenvalue weighted by Crippen LogP contribution is -2.54. The summed E-state index contributed by atoms with van der Waals surface area (Å²) in [6.07, 6.45) is 0. The molecule has 80 valence electrons. The van der Waals surface area contributed by atoms with Gasteiger partial charge in [0.15, 0.2) is 0 Å². The van der Waals surface area contributed by atoms with Gasteiger partial charge < -0.3 is 10.5 Å². The van der Waals surface area contributed by atoms with Gasteiger partial charge in [0.25, 0.3) is 0 Å². The second kappa shape index (κ2) is 3.85. The van der Waals surface area contributed by atoms with Crippen LogP contribution in [0.2, 0.25) is 0 Å². The highest BCUT2D eigenvalue weighted by atomic mass is 16.5. The predicted molar refractivity (Wildman–Crippen MR) is 54.7 cm³/mol. The number of rotatable bonds is 2. The second-order valence-corrected chi connectivity index (χ2v) is 4.85. The molecule has 1 atom stereocenters. The minimum atomic E-state index is -0.757. The number of hydrogen-bond acceptors (Lipinski definition) is 4. The summed E-state index contributed by atoms with van der Waals surface area (Å²) < 4.78 is 5.58. The van der Waals surface area contributed by atoms with E-state index in [4.69, 9.17) is 15.7 Å². The first-order valence-corrected chi connectivity index (χ1v) is 4.91. The van der Waals surface area contributed by atoms with Crippen LogP contribution in [0.4, 0.5) is 0 Å². The minimum absolute atomic E-state index is 0.121. The van der Waals surface area contributed by atoms with E-state index in [0.717, 1.165) is 13.1 Å². The summed E-state index contributed by atoms with van der Waals surface area (Å²) in [6, 6.07) is 2.11. The van der Waals surface area contributed by atoms with E-state index in [-0.39, 0.29) is 5.60 Å². The van der Waals surface area contributed by atoms with Crippen LogP contribution in [0.1, 0.15) is 20.8 Å². The molecule has 1 saturated heterocycles. The maximum Gasteiger partial charge on any atom is 0.114 e. The molecule has 0 aromatic rings. The summed E-state index contributed by atoms with van der Waals surface area (Å²) in [5, 5.41) is 8.82. The summed E-state index contributed by atoms with van der Waals surface area (Å²) in [5.74, 6) is 0. The van der Waals surface area contributed by atoms with Gasteiger partial charge in [0, 0.05) is 19.6 Å². The molecule has 0 aromatic carbocycles. The molecule has 1 rings (SSSR count). The molecule has 0 aromatic heterocycles. The van der Waals surface area contributed by atoms with E-state index in [1.165, 1.54) is 0 Å². The van der Waals surface area contributed by atoms with E-state index in [1.54, 1.807) is 6.92 Å². The van der Waals surface area contributed by atoms with Gasteiger partial charge in [-0.15, -0.1) is 0 Å². The van der Waals surface area contributed by atoms with Crippen molar-refractivity contribution in [1.29, 1.82) is 5.26 Å². The molecular weight excluding hydrogens is 178 g/mol. The number of nitriles is 1. The van der Waals surface area contributed by atoms with Crippen LogP contribution in [0.15, 0.2) is 0 Å². The average molecular weight is 197 g/mol. The van der Waals surface area contributed by atoms with E-state index in [1.807, 2.05) is 0 Å². The predicted octanol–water partition coefficient (Wildman–Crippen LogP) is 0.338. The Labute approximate surface area is 85.6 Å². The fourth-order valence-electron chi connectivity index (χ4n) is 1.75. The molecule has 1 unspecified atom stereocenters. The van der Waals surface area contributed by atoms with Gasteiger partial charge in [0.1, 0.15) is 5.54 Å². The van der Waals surface area contributed by atoms with Crippen molar-refractivity contribution in [1.82, 2.24) is 4.90 Å². The summed E-state index contributed by atoms with van der Waals surface area (Å²) in [4.78, 5) is 2.19. The number of morpholine rings is 1. The van der Waals surface area contributed by atoms with Crippen molar-refractivity contribution in [2.75, 3.05) is 26.2 Å². The highest BCUT2D eigenvalue weighted by molar-refractivity contribution is 5.03. The number of hydrogen-bond donors (Lipinski definition) is 1. The summed E-state index contributed by atoms with van der Waals surface area (Å²) >= 11 is 0. The largest absolute Gasteiger partial charge is 0.373 e. The van der Waals surface area contributed by atoms with Gasteiger partial charge >= 0.3 is 0 Å². The number of nitrogens with zero attached hydrogens (tertiary/aromatic N) is 2. The Hall–Kier alpha value is -0.630. The maximum atomic E-state index is 8.82. The fourth-order valence-corrected chi connectivity index (χ4v) is 1.75. The summed E-state index contributed by atoms with van der Waals surface area (Å²) in [7, 11) is 0. The van der Waals surface area contributed by atoms with Gasteiger partial charge in [-0.05, 0) is 20.8 Å². The van der Waals surface area contributed by atoms with E-state index in [0.29, 0.717) is 13.2 Å². The van der Waals surface area contributed by atoms with Crippen molar-refractivity contribution in [3.8, 4) is 6.07 Å². The lowest BCUT2D eigenvalue weighted by Gasteiger charge is -2.39. The van der Waals surface area contributed by atoms with Crippen LogP contribution in [0, 0.1) is 11.3 Å². The quantitative estimate of drug-likeness (QED) is 0.693. The van der Waals surface area contributed by atoms with Crippen LogP contribution in [0.25, 0.3) is 0 Å². The van der Waals surface area contributed by atoms with Crippen LogP contribution in [0.5, 0.6) is 0 Å². The van der Waals surface area contributed by atoms with Crippen molar-refractivity contribution >= 4 is 0 Å². The van der Waals surface area contributed by atoms with Gasteiger partial charge in [-0.3, -0.25) is 4.90 Å². The lowest BCUT2D eigenvalue weighted by molar-refractivity contribution is -0.0881. The normalized spacial score (nSPS) is 26.5. The first-order valence-electron chi connectivity index (χ1n) is 4.91. The zero-order valence-electron chi connectivity index (χ0n) is 9.21. The molecule has 0 radical (unpaired) electrons. The van der Waals surface area contributed by atoms with Gasteiger partial charge in [0.05, 0.1) is 18.3 Å².